The monoisotopic (exact) mass is 365 g/mol. The molecule has 2 aromatic carbocycles. The van der Waals surface area contributed by atoms with Crippen molar-refractivity contribution in [2.24, 2.45) is 4.99 Å². The van der Waals surface area contributed by atoms with Gasteiger partial charge in [0.05, 0.1) is 6.04 Å². The predicted octanol–water partition coefficient (Wildman–Crippen LogP) is 4.08. The van der Waals surface area contributed by atoms with Crippen molar-refractivity contribution in [2.75, 3.05) is 22.9 Å². The predicted molar refractivity (Wildman–Crippen MR) is 111 cm³/mol. The van der Waals surface area contributed by atoms with Gasteiger partial charge in [-0.2, -0.15) is 0 Å². The Bertz CT molecular complexity index is 864. The number of aryl methyl sites for hydroxylation is 4. The molecular weight excluding hydrogens is 338 g/mol. The fourth-order valence-electron chi connectivity index (χ4n) is 3.98. The number of nitrogens with zero attached hydrogens (tertiary/aromatic N) is 3. The highest BCUT2D eigenvalue weighted by Crippen LogP contribution is 2.35. The summed E-state index contributed by atoms with van der Waals surface area (Å²) < 4.78 is 0. The van der Waals surface area contributed by atoms with Crippen molar-refractivity contribution in [3.8, 4) is 0 Å². The highest BCUT2D eigenvalue weighted by Gasteiger charge is 2.37. The summed E-state index contributed by atoms with van der Waals surface area (Å²) in [5.41, 5.74) is 6.87. The van der Waals surface area contributed by atoms with Crippen LogP contribution in [0.25, 0.3) is 0 Å². The van der Waals surface area contributed by atoms with Crippen molar-refractivity contribution >= 4 is 23.3 Å². The van der Waals surface area contributed by atoms with E-state index in [1.165, 1.54) is 0 Å². The molecule has 1 saturated heterocycles. The summed E-state index contributed by atoms with van der Waals surface area (Å²) in [5, 5.41) is 9.23. The van der Waals surface area contributed by atoms with Gasteiger partial charge in [-0.15, -0.1) is 0 Å². The second kappa shape index (κ2) is 7.43. The number of benzene rings is 2. The Labute approximate surface area is 161 Å². The Morgan fingerprint density at radius 1 is 1.00 bits per heavy atom. The van der Waals surface area contributed by atoms with E-state index in [0.29, 0.717) is 5.96 Å². The Morgan fingerprint density at radius 2 is 1.48 bits per heavy atom. The SMILES string of the molecule is Cc1cccc(C)c1N1CC(C)N(c2c(C)cccc2C)C1=NCC(=O)O. The summed E-state index contributed by atoms with van der Waals surface area (Å²) >= 11 is 0. The van der Waals surface area contributed by atoms with E-state index in [2.05, 4.69) is 73.7 Å². The number of aliphatic carboxylic acids is 1. The molecule has 1 unspecified atom stereocenters. The largest absolute Gasteiger partial charge is 0.480 e. The van der Waals surface area contributed by atoms with Gasteiger partial charge in [0.25, 0.3) is 0 Å². The number of hydrogen-bond donors (Lipinski definition) is 1. The molecule has 1 heterocycles. The van der Waals surface area contributed by atoms with Crippen LogP contribution in [0.5, 0.6) is 0 Å². The fourth-order valence-corrected chi connectivity index (χ4v) is 3.98. The molecule has 0 radical (unpaired) electrons. The van der Waals surface area contributed by atoms with E-state index in [9.17, 15) is 9.90 Å². The zero-order valence-electron chi connectivity index (χ0n) is 16.7. The maximum Gasteiger partial charge on any atom is 0.325 e. The number of aliphatic imine (C=N–C) groups is 1. The number of hydrogen-bond acceptors (Lipinski definition) is 2. The van der Waals surface area contributed by atoms with Gasteiger partial charge in [0.15, 0.2) is 0 Å². The average molecular weight is 365 g/mol. The van der Waals surface area contributed by atoms with Crippen LogP contribution >= 0.6 is 0 Å². The topological polar surface area (TPSA) is 56.1 Å². The number of rotatable bonds is 4. The van der Waals surface area contributed by atoms with E-state index in [-0.39, 0.29) is 12.6 Å². The van der Waals surface area contributed by atoms with Crippen LogP contribution in [0.1, 0.15) is 29.2 Å². The third kappa shape index (κ3) is 3.54. The first kappa shape index (κ1) is 19.0. The van der Waals surface area contributed by atoms with Gasteiger partial charge in [-0.05, 0) is 56.9 Å². The average Bonchev–Trinajstić information content (AvgIpc) is 2.89. The van der Waals surface area contributed by atoms with Crippen LogP contribution in [0.2, 0.25) is 0 Å². The summed E-state index contributed by atoms with van der Waals surface area (Å²) in [4.78, 5) is 20.1. The van der Waals surface area contributed by atoms with Gasteiger partial charge in [-0.1, -0.05) is 36.4 Å². The van der Waals surface area contributed by atoms with Crippen molar-refractivity contribution in [3.05, 3.63) is 58.7 Å². The molecular formula is C22H27N3O2. The van der Waals surface area contributed by atoms with Crippen molar-refractivity contribution < 1.29 is 9.90 Å². The number of anilines is 2. The maximum absolute atomic E-state index is 11.2. The Kier molecular flexibility index (Phi) is 5.22. The van der Waals surface area contributed by atoms with E-state index < -0.39 is 5.97 Å². The fraction of sp³-hybridized carbons (Fsp3) is 0.364. The molecule has 3 rings (SSSR count). The number of guanidine groups is 1. The third-order valence-electron chi connectivity index (χ3n) is 5.09. The van der Waals surface area contributed by atoms with E-state index in [1.54, 1.807) is 0 Å². The number of para-hydroxylation sites is 2. The normalized spacial score (nSPS) is 18.4. The molecule has 27 heavy (non-hydrogen) atoms. The Hall–Kier alpha value is -2.82. The van der Waals surface area contributed by atoms with Crippen molar-refractivity contribution in [1.29, 1.82) is 0 Å². The zero-order chi connectivity index (χ0) is 19.7. The molecule has 2 aromatic rings. The van der Waals surface area contributed by atoms with Crippen molar-refractivity contribution in [2.45, 2.75) is 40.7 Å². The van der Waals surface area contributed by atoms with Gasteiger partial charge in [0.1, 0.15) is 6.54 Å². The zero-order valence-corrected chi connectivity index (χ0v) is 16.7. The van der Waals surface area contributed by atoms with Crippen molar-refractivity contribution in [3.63, 3.8) is 0 Å². The molecule has 5 heteroatoms. The maximum atomic E-state index is 11.2. The molecule has 0 saturated carbocycles. The Balaban J connectivity index is 2.17. The molecule has 0 spiro atoms. The van der Waals surface area contributed by atoms with Crippen molar-refractivity contribution in [1.82, 2.24) is 0 Å². The van der Waals surface area contributed by atoms with Crippen LogP contribution in [-0.4, -0.2) is 36.2 Å². The van der Waals surface area contributed by atoms with E-state index in [4.69, 9.17) is 0 Å². The minimum Gasteiger partial charge on any atom is -0.480 e. The molecule has 1 atom stereocenters. The van der Waals surface area contributed by atoms with Crippen LogP contribution in [0.3, 0.4) is 0 Å². The standard InChI is InChI=1S/C22H27N3O2/c1-14-8-6-9-15(2)20(14)24-13-18(5)25(22(24)23-12-19(26)27)21-16(3)10-7-11-17(21)4/h6-11,18H,12-13H2,1-5H3,(H,26,27). The Morgan fingerprint density at radius 3 is 1.96 bits per heavy atom. The lowest BCUT2D eigenvalue weighted by molar-refractivity contribution is -0.135. The third-order valence-corrected chi connectivity index (χ3v) is 5.09. The number of carbonyl (C=O) groups is 1. The first-order valence-corrected chi connectivity index (χ1v) is 9.26. The summed E-state index contributed by atoms with van der Waals surface area (Å²) in [6.07, 6.45) is 0. The summed E-state index contributed by atoms with van der Waals surface area (Å²) in [6.45, 7) is 11.0. The van der Waals surface area contributed by atoms with Crippen LogP contribution in [0.15, 0.2) is 41.4 Å². The summed E-state index contributed by atoms with van der Waals surface area (Å²) in [7, 11) is 0. The van der Waals surface area contributed by atoms with E-state index in [1.807, 2.05) is 12.1 Å². The minimum atomic E-state index is -0.926. The smallest absolute Gasteiger partial charge is 0.325 e. The first-order valence-electron chi connectivity index (χ1n) is 9.26. The van der Waals surface area contributed by atoms with E-state index >= 15 is 0 Å². The van der Waals surface area contributed by atoms with Crippen LogP contribution in [-0.2, 0) is 4.79 Å². The molecule has 0 aromatic heterocycles. The second-order valence-electron chi connectivity index (χ2n) is 7.32. The molecule has 0 aliphatic carbocycles. The molecule has 1 aliphatic heterocycles. The molecule has 0 amide bonds. The lowest BCUT2D eigenvalue weighted by atomic mass is 10.1. The lowest BCUT2D eigenvalue weighted by Gasteiger charge is -2.29. The number of carboxylic acids is 1. The van der Waals surface area contributed by atoms with Gasteiger partial charge in [-0.3, -0.25) is 4.79 Å². The molecule has 1 aliphatic rings. The highest BCUT2D eigenvalue weighted by molar-refractivity contribution is 6.12. The number of carboxylic acid groups (broad SMARTS) is 1. The lowest BCUT2D eigenvalue weighted by Crippen LogP contribution is -2.37. The van der Waals surface area contributed by atoms with Gasteiger partial charge >= 0.3 is 5.97 Å². The van der Waals surface area contributed by atoms with Crippen LogP contribution in [0, 0.1) is 27.7 Å². The van der Waals surface area contributed by atoms with Gasteiger partial charge in [0, 0.05) is 17.9 Å². The molecule has 1 fully saturated rings. The van der Waals surface area contributed by atoms with Gasteiger partial charge in [0.2, 0.25) is 5.96 Å². The second-order valence-corrected chi connectivity index (χ2v) is 7.32. The van der Waals surface area contributed by atoms with Gasteiger partial charge in [-0.25, -0.2) is 4.99 Å². The highest BCUT2D eigenvalue weighted by atomic mass is 16.4. The van der Waals surface area contributed by atoms with Crippen LogP contribution < -0.4 is 9.80 Å². The quantitative estimate of drug-likeness (QED) is 0.887. The first-order chi connectivity index (χ1) is 12.8. The van der Waals surface area contributed by atoms with Crippen LogP contribution in [0.4, 0.5) is 11.4 Å². The summed E-state index contributed by atoms with van der Waals surface area (Å²) in [6, 6.07) is 12.6. The summed E-state index contributed by atoms with van der Waals surface area (Å²) in [5.74, 6) is -0.218. The molecule has 142 valence electrons. The molecule has 1 N–H and O–H groups in total. The molecule has 0 bridgehead atoms. The van der Waals surface area contributed by atoms with Gasteiger partial charge < -0.3 is 14.9 Å². The minimum absolute atomic E-state index is 0.177. The molecule has 5 nitrogen and oxygen atoms in total. The van der Waals surface area contributed by atoms with E-state index in [0.717, 1.165) is 40.2 Å².